The molecule has 2 rings (SSSR count). The third-order valence-electron chi connectivity index (χ3n) is 3.61. The fourth-order valence-electron chi connectivity index (χ4n) is 2.26. The van der Waals surface area contributed by atoms with Gasteiger partial charge in [0.25, 0.3) is 5.91 Å². The van der Waals surface area contributed by atoms with Crippen molar-refractivity contribution in [2.45, 2.75) is 12.7 Å². The van der Waals surface area contributed by atoms with Crippen molar-refractivity contribution in [2.75, 3.05) is 27.9 Å². The Balaban J connectivity index is 2.04. The lowest BCUT2D eigenvalue weighted by Crippen LogP contribution is -2.23. The minimum atomic E-state index is -4.46. The van der Waals surface area contributed by atoms with Crippen LogP contribution in [0.2, 0.25) is 0 Å². The Kier molecular flexibility index (Phi) is 6.91. The Bertz CT molecular complexity index is 810. The molecule has 0 unspecified atom stereocenters. The predicted molar refractivity (Wildman–Crippen MR) is 93.1 cm³/mol. The van der Waals surface area contributed by atoms with Crippen molar-refractivity contribution < 1.29 is 36.9 Å². The van der Waals surface area contributed by atoms with Gasteiger partial charge in [0.2, 0.25) is 5.88 Å². The van der Waals surface area contributed by atoms with Gasteiger partial charge >= 0.3 is 6.18 Å². The van der Waals surface area contributed by atoms with Crippen LogP contribution in [0.4, 0.5) is 13.2 Å². The van der Waals surface area contributed by atoms with Gasteiger partial charge in [0.05, 0.1) is 26.9 Å². The van der Waals surface area contributed by atoms with E-state index >= 15 is 0 Å². The summed E-state index contributed by atoms with van der Waals surface area (Å²) < 4.78 is 56.6. The molecule has 0 atom stereocenters. The molecule has 0 aliphatic heterocycles. The average molecular weight is 400 g/mol. The summed E-state index contributed by atoms with van der Waals surface area (Å²) in [5.74, 6) is 0.752. The lowest BCUT2D eigenvalue weighted by Gasteiger charge is -2.14. The molecule has 0 aliphatic rings. The Labute approximate surface area is 159 Å². The highest BCUT2D eigenvalue weighted by atomic mass is 19.4. The molecule has 10 heteroatoms. The number of hydrogen-bond acceptors (Lipinski definition) is 6. The molecule has 0 saturated carbocycles. The predicted octanol–water partition coefficient (Wildman–Crippen LogP) is 2.98. The molecule has 0 fully saturated rings. The van der Waals surface area contributed by atoms with Gasteiger partial charge in [0, 0.05) is 30.4 Å². The molecular formula is C18H19F3N2O5. The summed E-state index contributed by atoms with van der Waals surface area (Å²) in [6.07, 6.45) is -3.33. The van der Waals surface area contributed by atoms with E-state index in [1.54, 1.807) is 12.1 Å². The smallest absolute Gasteiger partial charge is 0.422 e. The number of pyridine rings is 1. The maximum atomic E-state index is 12.3. The van der Waals surface area contributed by atoms with Gasteiger partial charge in [0.15, 0.2) is 18.1 Å². The third-order valence-corrected chi connectivity index (χ3v) is 3.61. The normalized spacial score (nSPS) is 10.9. The highest BCUT2D eigenvalue weighted by molar-refractivity contribution is 5.93. The van der Waals surface area contributed by atoms with Gasteiger partial charge in [-0.25, -0.2) is 4.98 Å². The van der Waals surface area contributed by atoms with Crippen LogP contribution in [0.15, 0.2) is 30.5 Å². The van der Waals surface area contributed by atoms with Gasteiger partial charge in [0.1, 0.15) is 5.75 Å². The number of carbonyl (C=O) groups excluding carboxylic acids is 1. The molecule has 152 valence electrons. The van der Waals surface area contributed by atoms with Crippen molar-refractivity contribution in [3.8, 4) is 23.1 Å². The van der Waals surface area contributed by atoms with E-state index in [4.69, 9.17) is 14.2 Å². The Hall–Kier alpha value is -3.17. The molecule has 1 N–H and O–H groups in total. The summed E-state index contributed by atoms with van der Waals surface area (Å²) in [5.41, 5.74) is 0.811. The molecule has 0 aliphatic carbocycles. The molecule has 7 nitrogen and oxygen atoms in total. The molecule has 1 amide bonds. The summed E-state index contributed by atoms with van der Waals surface area (Å²) in [6.45, 7) is -1.33. The standard InChI is InChI=1S/C18H19F3N2O5/c1-25-13-7-15(27-3)14(26-2)6-12(13)9-23-17(24)11-4-5-16(22-8-11)28-10-18(19,20)21/h4-8H,9-10H2,1-3H3,(H,23,24). The number of rotatable bonds is 8. The molecule has 0 saturated heterocycles. The average Bonchev–Trinajstić information content (AvgIpc) is 2.69. The quantitative estimate of drug-likeness (QED) is 0.734. The second-order valence-corrected chi connectivity index (χ2v) is 5.49. The first-order chi connectivity index (χ1) is 13.3. The van der Waals surface area contributed by atoms with E-state index in [-0.39, 0.29) is 18.0 Å². The molecule has 28 heavy (non-hydrogen) atoms. The molecule has 1 heterocycles. The van der Waals surface area contributed by atoms with E-state index in [0.717, 1.165) is 6.20 Å². The van der Waals surface area contributed by atoms with Crippen molar-refractivity contribution in [3.63, 3.8) is 0 Å². The minimum Gasteiger partial charge on any atom is -0.496 e. The van der Waals surface area contributed by atoms with Gasteiger partial charge in [-0.1, -0.05) is 0 Å². The molecule has 0 spiro atoms. The summed E-state index contributed by atoms with van der Waals surface area (Å²) in [6, 6.07) is 5.82. The van der Waals surface area contributed by atoms with Crippen LogP contribution in [0.25, 0.3) is 0 Å². The number of benzene rings is 1. The van der Waals surface area contributed by atoms with Gasteiger partial charge in [-0.15, -0.1) is 0 Å². The van der Waals surface area contributed by atoms with Crippen LogP contribution in [-0.4, -0.2) is 45.0 Å². The topological polar surface area (TPSA) is 78.9 Å². The second kappa shape index (κ2) is 9.16. The number of alkyl halides is 3. The summed E-state index contributed by atoms with van der Waals surface area (Å²) >= 11 is 0. The maximum absolute atomic E-state index is 12.3. The lowest BCUT2D eigenvalue weighted by molar-refractivity contribution is -0.154. The first-order valence-corrected chi connectivity index (χ1v) is 8.00. The highest BCUT2D eigenvalue weighted by Crippen LogP contribution is 2.34. The Morgan fingerprint density at radius 2 is 1.68 bits per heavy atom. The fourth-order valence-corrected chi connectivity index (χ4v) is 2.26. The summed E-state index contributed by atoms with van der Waals surface area (Å²) in [4.78, 5) is 16.0. The molecule has 2 aromatic rings. The maximum Gasteiger partial charge on any atom is 0.422 e. The molecule has 0 radical (unpaired) electrons. The first-order valence-electron chi connectivity index (χ1n) is 8.00. The van der Waals surface area contributed by atoms with E-state index in [0.29, 0.717) is 22.8 Å². The molecule has 1 aromatic carbocycles. The number of nitrogens with one attached hydrogen (secondary N) is 1. The highest BCUT2D eigenvalue weighted by Gasteiger charge is 2.28. The van der Waals surface area contributed by atoms with Crippen LogP contribution in [0, 0.1) is 0 Å². The largest absolute Gasteiger partial charge is 0.496 e. The monoisotopic (exact) mass is 400 g/mol. The van der Waals surface area contributed by atoms with Crippen molar-refractivity contribution in [2.24, 2.45) is 0 Å². The number of ether oxygens (including phenoxy) is 4. The van der Waals surface area contributed by atoms with Crippen LogP contribution >= 0.6 is 0 Å². The van der Waals surface area contributed by atoms with Gasteiger partial charge < -0.3 is 24.3 Å². The van der Waals surface area contributed by atoms with Crippen LogP contribution in [-0.2, 0) is 6.54 Å². The fraction of sp³-hybridized carbons (Fsp3) is 0.333. The number of carbonyl (C=O) groups is 1. The number of hydrogen-bond donors (Lipinski definition) is 1. The van der Waals surface area contributed by atoms with E-state index in [9.17, 15) is 18.0 Å². The third kappa shape index (κ3) is 5.66. The summed E-state index contributed by atoms with van der Waals surface area (Å²) in [7, 11) is 4.46. The number of halogens is 3. The Morgan fingerprint density at radius 3 is 2.21 bits per heavy atom. The first kappa shape index (κ1) is 21.1. The van der Waals surface area contributed by atoms with Gasteiger partial charge in [-0.05, 0) is 12.1 Å². The van der Waals surface area contributed by atoms with E-state index in [1.165, 1.54) is 33.5 Å². The van der Waals surface area contributed by atoms with Crippen LogP contribution in [0.1, 0.15) is 15.9 Å². The van der Waals surface area contributed by atoms with Crippen LogP contribution in [0.5, 0.6) is 23.1 Å². The van der Waals surface area contributed by atoms with E-state index in [2.05, 4.69) is 15.0 Å². The zero-order valence-corrected chi connectivity index (χ0v) is 15.4. The minimum absolute atomic E-state index is 0.120. The number of aromatic nitrogens is 1. The lowest BCUT2D eigenvalue weighted by atomic mass is 10.1. The number of nitrogens with zero attached hydrogens (tertiary/aromatic N) is 1. The van der Waals surface area contributed by atoms with Crippen molar-refractivity contribution in [1.82, 2.24) is 10.3 Å². The van der Waals surface area contributed by atoms with Crippen molar-refractivity contribution in [1.29, 1.82) is 0 Å². The Morgan fingerprint density at radius 1 is 1.04 bits per heavy atom. The second-order valence-electron chi connectivity index (χ2n) is 5.49. The zero-order chi connectivity index (χ0) is 20.7. The van der Waals surface area contributed by atoms with Crippen molar-refractivity contribution in [3.05, 3.63) is 41.6 Å². The van der Waals surface area contributed by atoms with E-state index in [1.807, 2.05) is 0 Å². The molecule has 1 aromatic heterocycles. The van der Waals surface area contributed by atoms with Crippen molar-refractivity contribution >= 4 is 5.91 Å². The number of methoxy groups -OCH3 is 3. The van der Waals surface area contributed by atoms with Crippen LogP contribution < -0.4 is 24.3 Å². The SMILES string of the molecule is COc1cc(OC)c(OC)cc1CNC(=O)c1ccc(OCC(F)(F)F)nc1. The molecular weight excluding hydrogens is 381 g/mol. The van der Waals surface area contributed by atoms with E-state index < -0.39 is 18.7 Å². The van der Waals surface area contributed by atoms with Gasteiger partial charge in [-0.3, -0.25) is 4.79 Å². The zero-order valence-electron chi connectivity index (χ0n) is 15.4. The number of amides is 1. The summed E-state index contributed by atoms with van der Waals surface area (Å²) in [5, 5.41) is 2.68. The van der Waals surface area contributed by atoms with Crippen LogP contribution in [0.3, 0.4) is 0 Å². The van der Waals surface area contributed by atoms with Gasteiger partial charge in [-0.2, -0.15) is 13.2 Å². The molecule has 0 bridgehead atoms.